The molecule has 0 radical (unpaired) electrons. The molecule has 2 fully saturated rings. The normalized spacial score (nSPS) is 21.7. The first-order chi connectivity index (χ1) is 16.2. The minimum absolute atomic E-state index is 0.0618. The second-order valence-corrected chi connectivity index (χ2v) is 8.73. The summed E-state index contributed by atoms with van der Waals surface area (Å²) < 4.78 is 17.5. The molecule has 10 heteroatoms. The fourth-order valence-corrected chi connectivity index (χ4v) is 4.83. The predicted octanol–water partition coefficient (Wildman–Crippen LogP) is 2.92. The van der Waals surface area contributed by atoms with Gasteiger partial charge in [-0.25, -0.2) is 14.2 Å². The highest BCUT2D eigenvalue weighted by Crippen LogP contribution is 2.33. The van der Waals surface area contributed by atoms with Crippen molar-refractivity contribution in [3.63, 3.8) is 0 Å². The van der Waals surface area contributed by atoms with E-state index in [4.69, 9.17) is 19.6 Å². The van der Waals surface area contributed by atoms with Gasteiger partial charge in [-0.15, -0.1) is 5.10 Å². The van der Waals surface area contributed by atoms with E-state index < -0.39 is 0 Å². The van der Waals surface area contributed by atoms with Gasteiger partial charge in [-0.05, 0) is 44.4 Å². The summed E-state index contributed by atoms with van der Waals surface area (Å²) in [5.41, 5.74) is 4.61. The third-order valence-corrected chi connectivity index (χ3v) is 6.57. The molecular formula is C23H28N8O2. The molecule has 2 saturated heterocycles. The SMILES string of the molecule is C[C@@H]1COCCN1c1cc(-c2ccnn2C)c2ncc(-c3ccnn3C3CCCCO3)n2n1. The van der Waals surface area contributed by atoms with Gasteiger partial charge in [0.15, 0.2) is 17.7 Å². The lowest BCUT2D eigenvalue weighted by Gasteiger charge is -2.34. The highest BCUT2D eigenvalue weighted by molar-refractivity contribution is 5.79. The van der Waals surface area contributed by atoms with Gasteiger partial charge < -0.3 is 14.4 Å². The zero-order chi connectivity index (χ0) is 22.4. The molecule has 0 aliphatic carbocycles. The van der Waals surface area contributed by atoms with E-state index in [1.165, 1.54) is 0 Å². The molecule has 33 heavy (non-hydrogen) atoms. The van der Waals surface area contributed by atoms with E-state index in [-0.39, 0.29) is 12.3 Å². The van der Waals surface area contributed by atoms with Crippen molar-refractivity contribution in [1.82, 2.24) is 34.2 Å². The Morgan fingerprint density at radius 1 is 1.03 bits per heavy atom. The highest BCUT2D eigenvalue weighted by Gasteiger charge is 2.26. The van der Waals surface area contributed by atoms with Gasteiger partial charge >= 0.3 is 0 Å². The van der Waals surface area contributed by atoms with Crippen molar-refractivity contribution in [3.05, 3.63) is 36.8 Å². The molecule has 6 rings (SSSR count). The lowest BCUT2D eigenvalue weighted by Crippen LogP contribution is -2.44. The number of imidazole rings is 1. The quantitative estimate of drug-likeness (QED) is 0.474. The highest BCUT2D eigenvalue weighted by atomic mass is 16.5. The zero-order valence-electron chi connectivity index (χ0n) is 19.0. The molecule has 4 aromatic heterocycles. The molecule has 2 aliphatic heterocycles. The summed E-state index contributed by atoms with van der Waals surface area (Å²) in [7, 11) is 1.95. The van der Waals surface area contributed by atoms with Gasteiger partial charge in [0, 0.05) is 38.2 Å². The Balaban J connectivity index is 1.53. The minimum atomic E-state index is -0.0618. The number of ether oxygens (including phenoxy) is 2. The molecule has 0 N–H and O–H groups in total. The maximum absolute atomic E-state index is 6.02. The van der Waals surface area contributed by atoms with E-state index >= 15 is 0 Å². The molecule has 2 atom stereocenters. The summed E-state index contributed by atoms with van der Waals surface area (Å²) >= 11 is 0. The van der Waals surface area contributed by atoms with Crippen molar-refractivity contribution in [2.75, 3.05) is 31.3 Å². The molecule has 172 valence electrons. The van der Waals surface area contributed by atoms with Crippen LogP contribution in [0.5, 0.6) is 0 Å². The van der Waals surface area contributed by atoms with E-state index in [0.29, 0.717) is 13.2 Å². The minimum Gasteiger partial charge on any atom is -0.377 e. The Morgan fingerprint density at radius 2 is 1.91 bits per heavy atom. The average Bonchev–Trinajstić information content (AvgIpc) is 3.58. The first-order valence-electron chi connectivity index (χ1n) is 11.6. The van der Waals surface area contributed by atoms with Crippen molar-refractivity contribution in [2.45, 2.75) is 38.5 Å². The summed E-state index contributed by atoms with van der Waals surface area (Å²) in [4.78, 5) is 7.10. The van der Waals surface area contributed by atoms with E-state index in [0.717, 1.165) is 66.5 Å². The van der Waals surface area contributed by atoms with Crippen LogP contribution < -0.4 is 4.90 Å². The first-order valence-corrected chi connectivity index (χ1v) is 11.6. The van der Waals surface area contributed by atoms with Crippen LogP contribution in [0.4, 0.5) is 5.82 Å². The number of nitrogens with zero attached hydrogens (tertiary/aromatic N) is 8. The Kier molecular flexibility index (Phi) is 5.11. The monoisotopic (exact) mass is 448 g/mol. The smallest absolute Gasteiger partial charge is 0.163 e. The molecule has 1 unspecified atom stereocenters. The lowest BCUT2D eigenvalue weighted by atomic mass is 10.1. The molecular weight excluding hydrogens is 420 g/mol. The molecule has 2 aliphatic rings. The van der Waals surface area contributed by atoms with E-state index in [1.807, 2.05) is 51.6 Å². The Morgan fingerprint density at radius 3 is 2.70 bits per heavy atom. The number of aromatic nitrogens is 7. The average molecular weight is 449 g/mol. The fraction of sp³-hybridized carbons (Fsp3) is 0.478. The van der Waals surface area contributed by atoms with Crippen molar-refractivity contribution in [2.24, 2.45) is 7.05 Å². The molecule has 0 aromatic carbocycles. The number of morpholine rings is 1. The van der Waals surface area contributed by atoms with Crippen LogP contribution in [0.15, 0.2) is 36.8 Å². The van der Waals surface area contributed by atoms with E-state index in [2.05, 4.69) is 28.1 Å². The van der Waals surface area contributed by atoms with Gasteiger partial charge in [0.2, 0.25) is 0 Å². The van der Waals surface area contributed by atoms with Crippen LogP contribution in [-0.4, -0.2) is 66.6 Å². The van der Waals surface area contributed by atoms with E-state index in [1.54, 1.807) is 0 Å². The van der Waals surface area contributed by atoms with Crippen molar-refractivity contribution < 1.29 is 9.47 Å². The maximum Gasteiger partial charge on any atom is 0.163 e. The third kappa shape index (κ3) is 3.50. The molecule has 0 bridgehead atoms. The van der Waals surface area contributed by atoms with Crippen LogP contribution in [0.3, 0.4) is 0 Å². The van der Waals surface area contributed by atoms with Gasteiger partial charge in [0.25, 0.3) is 0 Å². The summed E-state index contributed by atoms with van der Waals surface area (Å²) in [6, 6.07) is 6.37. The van der Waals surface area contributed by atoms with Gasteiger partial charge in [-0.1, -0.05) is 0 Å². The van der Waals surface area contributed by atoms with Crippen molar-refractivity contribution in [1.29, 1.82) is 0 Å². The molecule has 0 amide bonds. The number of anilines is 1. The second-order valence-electron chi connectivity index (χ2n) is 8.73. The van der Waals surface area contributed by atoms with Crippen LogP contribution in [0.1, 0.15) is 32.4 Å². The first kappa shape index (κ1) is 20.4. The molecule has 4 aromatic rings. The summed E-state index contributed by atoms with van der Waals surface area (Å²) in [5, 5.41) is 14.0. The third-order valence-electron chi connectivity index (χ3n) is 6.57. The molecule has 0 saturated carbocycles. The van der Waals surface area contributed by atoms with Crippen molar-refractivity contribution in [3.8, 4) is 22.6 Å². The Hall–Kier alpha value is -3.24. The number of hydrogen-bond acceptors (Lipinski definition) is 7. The van der Waals surface area contributed by atoms with Gasteiger partial charge in [-0.3, -0.25) is 4.68 Å². The molecule has 6 heterocycles. The van der Waals surface area contributed by atoms with Crippen LogP contribution in [0.25, 0.3) is 28.3 Å². The van der Waals surface area contributed by atoms with Crippen LogP contribution in [0, 0.1) is 0 Å². The molecule has 0 spiro atoms. The lowest BCUT2D eigenvalue weighted by molar-refractivity contribution is -0.0384. The Labute approximate surface area is 191 Å². The largest absolute Gasteiger partial charge is 0.377 e. The second kappa shape index (κ2) is 8.27. The summed E-state index contributed by atoms with van der Waals surface area (Å²) in [6.07, 6.45) is 8.64. The van der Waals surface area contributed by atoms with Gasteiger partial charge in [0.05, 0.1) is 36.8 Å². The predicted molar refractivity (Wildman–Crippen MR) is 123 cm³/mol. The fourth-order valence-electron chi connectivity index (χ4n) is 4.83. The summed E-state index contributed by atoms with van der Waals surface area (Å²) in [6.45, 7) is 5.09. The van der Waals surface area contributed by atoms with Crippen molar-refractivity contribution >= 4 is 11.5 Å². The van der Waals surface area contributed by atoms with Gasteiger partial charge in [0.1, 0.15) is 5.69 Å². The number of aryl methyl sites for hydroxylation is 1. The van der Waals surface area contributed by atoms with Gasteiger partial charge in [-0.2, -0.15) is 10.2 Å². The molecule has 10 nitrogen and oxygen atoms in total. The zero-order valence-corrected chi connectivity index (χ0v) is 19.0. The number of fused-ring (bicyclic) bond motifs is 1. The Bertz CT molecular complexity index is 1270. The summed E-state index contributed by atoms with van der Waals surface area (Å²) in [5.74, 6) is 0.897. The van der Waals surface area contributed by atoms with Crippen LogP contribution in [0.2, 0.25) is 0 Å². The maximum atomic E-state index is 6.02. The van der Waals surface area contributed by atoms with Crippen LogP contribution in [-0.2, 0) is 16.5 Å². The van der Waals surface area contributed by atoms with E-state index in [9.17, 15) is 0 Å². The standard InChI is InChI=1S/C23H28N8O2/c1-16-15-32-12-10-29(16)21-13-17(18-6-8-25-28(18)2)23-24-14-20(31(23)27-21)19-7-9-26-30(19)22-5-3-4-11-33-22/h6-9,13-14,16,22H,3-5,10-12,15H2,1-2H3/t16-,22?/m1/s1. The number of hydrogen-bond donors (Lipinski definition) is 0. The number of rotatable bonds is 4. The van der Waals surface area contributed by atoms with Crippen LogP contribution >= 0.6 is 0 Å². The topological polar surface area (TPSA) is 87.5 Å².